The molecule has 0 bridgehead atoms. The third-order valence-corrected chi connectivity index (χ3v) is 2.18. The number of benzene rings is 1. The summed E-state index contributed by atoms with van der Waals surface area (Å²) in [5, 5.41) is 0. The van der Waals surface area contributed by atoms with Crippen molar-refractivity contribution in [1.29, 1.82) is 0 Å². The summed E-state index contributed by atoms with van der Waals surface area (Å²) < 4.78 is 0. The minimum Gasteiger partial charge on any atom is -0.312 e. The third kappa shape index (κ3) is 2.56. The van der Waals surface area contributed by atoms with Gasteiger partial charge in [-0.3, -0.25) is 4.79 Å². The zero-order chi connectivity index (χ0) is 11.4. The molecule has 0 aliphatic carbocycles. The fraction of sp³-hybridized carbons (Fsp3) is 0.154. The van der Waals surface area contributed by atoms with Crippen molar-refractivity contribution < 1.29 is 4.79 Å². The average Bonchev–Trinajstić information content (AvgIpc) is 2.27. The minimum atomic E-state index is -0.108. The largest absolute Gasteiger partial charge is 0.312 e. The Balaban J connectivity index is 2.87. The van der Waals surface area contributed by atoms with Gasteiger partial charge in [-0.05, 0) is 12.5 Å². The molecule has 78 valence electrons. The Kier molecular flexibility index (Phi) is 3.45. The van der Waals surface area contributed by atoms with E-state index in [4.69, 9.17) is 0 Å². The summed E-state index contributed by atoms with van der Waals surface area (Å²) in [6.45, 7) is 9.20. The van der Waals surface area contributed by atoms with Gasteiger partial charge in [-0.1, -0.05) is 43.5 Å². The second kappa shape index (κ2) is 4.60. The number of nitrogens with zero attached hydrogens (tertiary/aromatic N) is 1. The highest BCUT2D eigenvalue weighted by atomic mass is 16.2. The summed E-state index contributed by atoms with van der Waals surface area (Å²) in [6.07, 6.45) is 0. The lowest BCUT2D eigenvalue weighted by molar-refractivity contribution is -0.122. The normalized spacial score (nSPS) is 9.47. The molecule has 0 aromatic heterocycles. The van der Waals surface area contributed by atoms with Crippen LogP contribution in [0.5, 0.6) is 0 Å². The molecule has 1 rings (SSSR count). The predicted octanol–water partition coefficient (Wildman–Crippen LogP) is 2.69. The number of carbonyl (C=O) groups excluding carboxylic acids is 1. The van der Waals surface area contributed by atoms with Gasteiger partial charge in [-0.2, -0.15) is 0 Å². The van der Waals surface area contributed by atoms with E-state index in [0.717, 1.165) is 5.56 Å². The molecule has 0 spiro atoms. The van der Waals surface area contributed by atoms with Crippen molar-refractivity contribution in [3.8, 4) is 0 Å². The molecule has 0 fully saturated rings. The van der Waals surface area contributed by atoms with Crippen molar-refractivity contribution in [2.45, 2.75) is 6.92 Å². The van der Waals surface area contributed by atoms with Crippen LogP contribution in [0.25, 0.3) is 5.70 Å². The SMILES string of the molecule is C=C(C)C(=O)N(C)C(=C)c1ccccc1. The van der Waals surface area contributed by atoms with Crippen LogP contribution in [-0.4, -0.2) is 17.9 Å². The zero-order valence-electron chi connectivity index (χ0n) is 9.16. The second-order valence-electron chi connectivity index (χ2n) is 3.46. The van der Waals surface area contributed by atoms with Gasteiger partial charge in [0.2, 0.25) is 0 Å². The van der Waals surface area contributed by atoms with Gasteiger partial charge in [0.25, 0.3) is 5.91 Å². The Morgan fingerprint density at radius 2 is 1.73 bits per heavy atom. The lowest BCUT2D eigenvalue weighted by atomic mass is 10.1. The van der Waals surface area contributed by atoms with Gasteiger partial charge in [-0.15, -0.1) is 0 Å². The quantitative estimate of drug-likeness (QED) is 0.688. The van der Waals surface area contributed by atoms with Gasteiger partial charge in [-0.25, -0.2) is 0 Å². The smallest absolute Gasteiger partial charge is 0.253 e. The Hall–Kier alpha value is -1.83. The molecule has 0 N–H and O–H groups in total. The maximum Gasteiger partial charge on any atom is 0.253 e. The van der Waals surface area contributed by atoms with Crippen LogP contribution < -0.4 is 0 Å². The molecule has 0 unspecified atom stereocenters. The molecule has 2 nitrogen and oxygen atoms in total. The van der Waals surface area contributed by atoms with Crippen LogP contribution in [0.1, 0.15) is 12.5 Å². The van der Waals surface area contributed by atoms with Crippen LogP contribution in [0.2, 0.25) is 0 Å². The van der Waals surface area contributed by atoms with Crippen molar-refractivity contribution in [2.75, 3.05) is 7.05 Å². The molecule has 1 amide bonds. The van der Waals surface area contributed by atoms with Crippen molar-refractivity contribution in [1.82, 2.24) is 4.90 Å². The summed E-state index contributed by atoms with van der Waals surface area (Å²) in [6, 6.07) is 9.60. The molecular weight excluding hydrogens is 186 g/mol. The predicted molar refractivity (Wildman–Crippen MR) is 63.1 cm³/mol. The van der Waals surface area contributed by atoms with E-state index < -0.39 is 0 Å². The average molecular weight is 201 g/mol. The first-order chi connectivity index (χ1) is 7.04. The van der Waals surface area contributed by atoms with E-state index in [0.29, 0.717) is 11.3 Å². The fourth-order valence-electron chi connectivity index (χ4n) is 1.23. The third-order valence-electron chi connectivity index (χ3n) is 2.18. The standard InChI is InChI=1S/C13H15NO/c1-10(2)13(15)14(4)11(3)12-8-6-5-7-9-12/h5-9H,1,3H2,2,4H3. The highest BCUT2D eigenvalue weighted by Gasteiger charge is 2.12. The van der Waals surface area contributed by atoms with Gasteiger partial charge in [0.1, 0.15) is 0 Å². The minimum absolute atomic E-state index is 0.108. The molecule has 2 heteroatoms. The summed E-state index contributed by atoms with van der Waals surface area (Å²) in [7, 11) is 1.70. The monoisotopic (exact) mass is 201 g/mol. The maximum atomic E-state index is 11.6. The molecule has 0 aliphatic rings. The van der Waals surface area contributed by atoms with E-state index in [1.54, 1.807) is 14.0 Å². The number of likely N-dealkylation sites (N-methyl/N-ethyl adjacent to an activating group) is 1. The Bertz CT molecular complexity index is 392. The molecule has 0 heterocycles. The van der Waals surface area contributed by atoms with E-state index in [2.05, 4.69) is 13.2 Å². The van der Waals surface area contributed by atoms with E-state index in [9.17, 15) is 4.79 Å². The molecule has 0 aliphatic heterocycles. The molecule has 1 aromatic rings. The highest BCUT2D eigenvalue weighted by molar-refractivity contribution is 5.97. The Morgan fingerprint density at radius 3 is 2.20 bits per heavy atom. The van der Waals surface area contributed by atoms with Crippen LogP contribution >= 0.6 is 0 Å². The molecule has 1 aromatic carbocycles. The van der Waals surface area contributed by atoms with Crippen LogP contribution in [0, 0.1) is 0 Å². The van der Waals surface area contributed by atoms with Crippen molar-refractivity contribution >= 4 is 11.6 Å². The van der Waals surface area contributed by atoms with Gasteiger partial charge < -0.3 is 4.90 Å². The lowest BCUT2D eigenvalue weighted by Gasteiger charge is -2.19. The van der Waals surface area contributed by atoms with Gasteiger partial charge in [0.15, 0.2) is 0 Å². The van der Waals surface area contributed by atoms with Crippen molar-refractivity contribution in [3.63, 3.8) is 0 Å². The first-order valence-corrected chi connectivity index (χ1v) is 4.72. The number of rotatable bonds is 3. The van der Waals surface area contributed by atoms with E-state index in [-0.39, 0.29) is 5.91 Å². The van der Waals surface area contributed by atoms with Gasteiger partial charge in [0.05, 0.1) is 0 Å². The summed E-state index contributed by atoms with van der Waals surface area (Å²) in [5.74, 6) is -0.108. The van der Waals surface area contributed by atoms with Gasteiger partial charge >= 0.3 is 0 Å². The summed E-state index contributed by atoms with van der Waals surface area (Å²) >= 11 is 0. The number of hydrogen-bond acceptors (Lipinski definition) is 1. The lowest BCUT2D eigenvalue weighted by Crippen LogP contribution is -2.25. The van der Waals surface area contributed by atoms with Crippen LogP contribution in [0.4, 0.5) is 0 Å². The molecule has 15 heavy (non-hydrogen) atoms. The van der Waals surface area contributed by atoms with Crippen molar-refractivity contribution in [2.24, 2.45) is 0 Å². The van der Waals surface area contributed by atoms with Crippen LogP contribution in [0.15, 0.2) is 49.1 Å². The van der Waals surface area contributed by atoms with Crippen molar-refractivity contribution in [3.05, 3.63) is 54.6 Å². The first kappa shape index (κ1) is 11.2. The highest BCUT2D eigenvalue weighted by Crippen LogP contribution is 2.16. The number of amides is 1. The fourth-order valence-corrected chi connectivity index (χ4v) is 1.23. The molecule has 0 saturated carbocycles. The van der Waals surface area contributed by atoms with E-state index >= 15 is 0 Å². The molecule has 0 saturated heterocycles. The van der Waals surface area contributed by atoms with Crippen LogP contribution in [-0.2, 0) is 4.79 Å². The maximum absolute atomic E-state index is 11.6. The van der Waals surface area contributed by atoms with Crippen LogP contribution in [0.3, 0.4) is 0 Å². The molecular formula is C13H15NO. The van der Waals surface area contributed by atoms with Gasteiger partial charge in [0, 0.05) is 18.3 Å². The molecule has 0 radical (unpaired) electrons. The molecule has 0 atom stereocenters. The first-order valence-electron chi connectivity index (χ1n) is 4.72. The summed E-state index contributed by atoms with van der Waals surface area (Å²) in [4.78, 5) is 13.1. The Labute approximate surface area is 90.5 Å². The van der Waals surface area contributed by atoms with E-state index in [1.165, 1.54) is 4.90 Å². The Morgan fingerprint density at radius 1 is 1.20 bits per heavy atom. The zero-order valence-corrected chi connectivity index (χ0v) is 9.16. The topological polar surface area (TPSA) is 20.3 Å². The van der Waals surface area contributed by atoms with E-state index in [1.807, 2.05) is 30.3 Å². The summed E-state index contributed by atoms with van der Waals surface area (Å²) in [5.41, 5.74) is 2.13. The number of hydrogen-bond donors (Lipinski definition) is 0. The number of carbonyl (C=O) groups is 1. The second-order valence-corrected chi connectivity index (χ2v) is 3.46.